The van der Waals surface area contributed by atoms with Crippen molar-refractivity contribution in [3.8, 4) is 0 Å². The molecule has 14 heterocycles. The topological polar surface area (TPSA) is 132 Å². The molecule has 0 spiro atoms. The maximum atomic E-state index is 4.79. The number of hydrazone groups is 7. The van der Waals surface area contributed by atoms with Crippen molar-refractivity contribution >= 4 is 52.2 Å². The van der Waals surface area contributed by atoms with E-state index in [0.717, 1.165) is 96.3 Å². The molecule has 0 aliphatic carbocycles. The molecule has 0 N–H and O–H groups in total. The predicted molar refractivity (Wildman–Crippen MR) is 397 cm³/mol. The third kappa shape index (κ3) is 17.8. The summed E-state index contributed by atoms with van der Waals surface area (Å²) in [6.07, 6.45) is 20.7. The Morgan fingerprint density at radius 1 is 0.396 bits per heavy atom. The van der Waals surface area contributed by atoms with Crippen LogP contribution in [0.25, 0.3) is 0 Å². The Labute approximate surface area is 577 Å². The number of benzene rings is 3. The molecule has 14 aliphatic heterocycles. The highest BCUT2D eigenvalue weighted by Crippen LogP contribution is 2.38. The Morgan fingerprint density at radius 3 is 1.28 bits per heavy atom. The number of anilines is 2. The van der Waals surface area contributed by atoms with Gasteiger partial charge in [-0.15, -0.1) is 0 Å². The highest BCUT2D eigenvalue weighted by atomic mass is 15.6. The molecule has 7 fully saturated rings. The van der Waals surface area contributed by atoms with Gasteiger partial charge >= 0.3 is 0 Å². The second-order valence-electron chi connectivity index (χ2n) is 31.9. The SMILES string of the molecule is CC(C)C[C@H]1CCC2=NN(c3ccccc3)CN21.CC(C)[C@H]1CCC2=NN(C)CN21.CN1CN2C(=N1)CC[C@@H]2C(C)(C)C.CN1CN2C(=N1)CC[C@@H]2CC(C)(C)C.CN1CN2CCCC2=N1.CN1CN2CCCC2=N1.c1ccc(C[C@H]2CCC3=NN(c4ccccc4)CN32)cc1. The molecule has 3 aromatic carbocycles. The minimum atomic E-state index is 0.377. The zero-order valence-electron chi connectivity index (χ0n) is 61.5. The second kappa shape index (κ2) is 31.0. The van der Waals surface area contributed by atoms with Crippen molar-refractivity contribution in [3.05, 3.63) is 96.6 Å². The van der Waals surface area contributed by atoms with Gasteiger partial charge in [-0.25, -0.2) is 10.0 Å². The second-order valence-corrected chi connectivity index (χ2v) is 31.9. The molecule has 0 radical (unpaired) electrons. The van der Waals surface area contributed by atoms with E-state index in [-0.39, 0.29) is 0 Å². The monoisotopic (exact) mass is 1310 g/mol. The van der Waals surface area contributed by atoms with Gasteiger partial charge in [0.15, 0.2) is 0 Å². The molecular formula is C75H119N21. The lowest BCUT2D eigenvalue weighted by atomic mass is 9.85. The summed E-state index contributed by atoms with van der Waals surface area (Å²) in [6, 6.07) is 35.1. The highest BCUT2D eigenvalue weighted by Gasteiger charge is 2.42. The van der Waals surface area contributed by atoms with Crippen LogP contribution in [0.5, 0.6) is 0 Å². The predicted octanol–water partition coefficient (Wildman–Crippen LogP) is 12.5. The minimum absolute atomic E-state index is 0.377. The van der Waals surface area contributed by atoms with Gasteiger partial charge in [0.05, 0.1) is 11.4 Å². The number of fused-ring (bicyclic) bond motifs is 7. The number of para-hydroxylation sites is 2. The number of amidine groups is 7. The number of nitrogens with zero attached hydrogens (tertiary/aromatic N) is 21. The summed E-state index contributed by atoms with van der Waals surface area (Å²) in [4.78, 5) is 17.0. The Bertz CT molecular complexity index is 3190. The van der Waals surface area contributed by atoms with Gasteiger partial charge in [0, 0.05) is 123 Å². The summed E-state index contributed by atoms with van der Waals surface area (Å²) in [5.41, 5.74) is 4.60. The Hall–Kier alpha value is -7.45. The van der Waals surface area contributed by atoms with Crippen LogP contribution in [-0.4, -0.2) is 225 Å². The van der Waals surface area contributed by atoms with Crippen LogP contribution < -0.4 is 10.0 Å². The lowest BCUT2D eigenvalue weighted by molar-refractivity contribution is 0.148. The van der Waals surface area contributed by atoms with E-state index in [0.29, 0.717) is 29.0 Å². The fourth-order valence-corrected chi connectivity index (χ4v) is 16.2. The summed E-state index contributed by atoms with van der Waals surface area (Å²) in [5, 5.41) is 46.0. The third-order valence-electron chi connectivity index (χ3n) is 20.6. The Balaban J connectivity index is 0.000000116. The summed E-state index contributed by atoms with van der Waals surface area (Å²) in [5.74, 6) is 10.5. The molecule has 5 atom stereocenters. The number of rotatable bonds is 8. The van der Waals surface area contributed by atoms with Crippen molar-refractivity contribution in [2.24, 2.45) is 58.4 Å². The van der Waals surface area contributed by atoms with Crippen LogP contribution in [0.1, 0.15) is 178 Å². The first-order valence-electron chi connectivity index (χ1n) is 36.6. The molecule has 0 saturated carbocycles. The first-order valence-corrected chi connectivity index (χ1v) is 36.6. The van der Waals surface area contributed by atoms with Crippen LogP contribution in [0.3, 0.4) is 0 Å². The molecule has 0 amide bonds. The maximum Gasteiger partial charge on any atom is 0.127 e. The van der Waals surface area contributed by atoms with Crippen LogP contribution in [0.15, 0.2) is 127 Å². The van der Waals surface area contributed by atoms with Crippen molar-refractivity contribution in [1.29, 1.82) is 0 Å². The maximum absolute atomic E-state index is 4.79. The van der Waals surface area contributed by atoms with E-state index in [1.54, 1.807) is 0 Å². The van der Waals surface area contributed by atoms with Crippen LogP contribution in [-0.2, 0) is 6.42 Å². The summed E-state index contributed by atoms with van der Waals surface area (Å²) in [6.45, 7) is 32.4. The summed E-state index contributed by atoms with van der Waals surface area (Å²) >= 11 is 0. The van der Waals surface area contributed by atoms with E-state index in [1.165, 1.54) is 154 Å². The largest absolute Gasteiger partial charge is 0.339 e. The third-order valence-corrected chi connectivity index (χ3v) is 20.6. The fourth-order valence-electron chi connectivity index (χ4n) is 16.2. The van der Waals surface area contributed by atoms with Crippen LogP contribution in [0.2, 0.25) is 0 Å². The standard InChI is InChI=1S/C18H19N3.C15H21N3.C11H21N3.C10H19N3.C9H17N3.2C6H11N3/c1-3-7-15(8-4-1)13-17-11-12-18-19-21(14-20(17)18)16-9-5-2-6-10-16;1-12(2)10-14-8-9-15-16-18(11-17(14)15)13-6-4-3-5-7-13;1-11(2,3)7-9-5-6-10-12-13(4)8-14(9)10;1-10(2,3)8-5-6-9-11-12(4)7-13(8)9;1-7(2)8-4-5-9-10-11(3)6-12(8)9;2*1-8-5-9-4-2-3-6(9)7-8/h1-10,17H,11-14H2;3-7,12,14H,8-11H2,1-2H3;9H,5-8H2,1-4H3;8H,5-7H2,1-4H3;7-8H,4-6H2,1-3H3;2*2-5H2,1H3/t17-;14-;9-;2*8-;;/m11111../s1. The molecular weight excluding hydrogens is 1190 g/mol. The molecule has 0 aromatic heterocycles. The van der Waals surface area contributed by atoms with Gasteiger partial charge in [0.1, 0.15) is 87.5 Å². The molecule has 21 nitrogen and oxygen atoms in total. The van der Waals surface area contributed by atoms with Crippen molar-refractivity contribution < 1.29 is 0 Å². The fraction of sp³-hybridized carbons (Fsp3) is 0.667. The van der Waals surface area contributed by atoms with Crippen molar-refractivity contribution in [1.82, 2.24) is 59.3 Å². The molecule has 21 heteroatoms. The van der Waals surface area contributed by atoms with Crippen molar-refractivity contribution in [2.45, 2.75) is 209 Å². The van der Waals surface area contributed by atoms with Gasteiger partial charge in [0.25, 0.3) is 0 Å². The van der Waals surface area contributed by atoms with Crippen LogP contribution >= 0.6 is 0 Å². The Kier molecular flexibility index (Phi) is 22.5. The van der Waals surface area contributed by atoms with E-state index in [1.807, 2.05) is 59.3 Å². The highest BCUT2D eigenvalue weighted by molar-refractivity contribution is 5.89. The first kappa shape index (κ1) is 69.9. The average molecular weight is 1310 g/mol. The van der Waals surface area contributed by atoms with Crippen molar-refractivity contribution in [3.63, 3.8) is 0 Å². The summed E-state index contributed by atoms with van der Waals surface area (Å²) < 4.78 is 0. The van der Waals surface area contributed by atoms with Gasteiger partial charge in [-0.3, -0.25) is 25.0 Å². The smallest absolute Gasteiger partial charge is 0.127 e. The van der Waals surface area contributed by atoms with Gasteiger partial charge < -0.3 is 34.3 Å². The molecule has 7 saturated heterocycles. The van der Waals surface area contributed by atoms with Gasteiger partial charge in [-0.05, 0) is 117 Å². The van der Waals surface area contributed by atoms with Gasteiger partial charge in [-0.1, -0.05) is 136 Å². The molecule has 3 aromatic rings. The zero-order chi connectivity index (χ0) is 67.8. The van der Waals surface area contributed by atoms with E-state index < -0.39 is 0 Å². The Morgan fingerprint density at radius 2 is 0.792 bits per heavy atom. The first-order chi connectivity index (χ1) is 46.0. The molecule has 524 valence electrons. The number of hydrogen-bond acceptors (Lipinski definition) is 21. The summed E-state index contributed by atoms with van der Waals surface area (Å²) in [7, 11) is 10.2. The molecule has 17 rings (SSSR count). The molecule has 14 aliphatic rings. The average Bonchev–Trinajstić information content (AvgIpc) is 1.69. The van der Waals surface area contributed by atoms with Gasteiger partial charge in [0.2, 0.25) is 0 Å². The molecule has 96 heavy (non-hydrogen) atoms. The van der Waals surface area contributed by atoms with Crippen LogP contribution in [0.4, 0.5) is 11.4 Å². The molecule has 0 unspecified atom stereocenters. The normalized spacial score (nSPS) is 24.6. The lowest BCUT2D eigenvalue weighted by Crippen LogP contribution is -2.41. The van der Waals surface area contributed by atoms with Gasteiger partial charge in [-0.2, -0.15) is 35.7 Å². The quantitative estimate of drug-likeness (QED) is 0.212. The molecule has 0 bridgehead atoms. The van der Waals surface area contributed by atoms with E-state index >= 15 is 0 Å². The van der Waals surface area contributed by atoms with E-state index in [9.17, 15) is 0 Å². The van der Waals surface area contributed by atoms with E-state index in [4.69, 9.17) is 10.2 Å². The van der Waals surface area contributed by atoms with Crippen molar-refractivity contribution in [2.75, 3.05) is 105 Å². The number of hydrogen-bond donors (Lipinski definition) is 0. The zero-order valence-corrected chi connectivity index (χ0v) is 61.5. The van der Waals surface area contributed by atoms with Crippen LogP contribution in [0, 0.1) is 22.7 Å². The lowest BCUT2D eigenvalue weighted by Gasteiger charge is -2.34. The van der Waals surface area contributed by atoms with E-state index in [2.05, 4.69) is 231 Å². The minimum Gasteiger partial charge on any atom is -0.339 e.